The molecule has 0 radical (unpaired) electrons. The van der Waals surface area contributed by atoms with Crippen LogP contribution < -0.4 is 0 Å². The highest BCUT2D eigenvalue weighted by Crippen LogP contribution is 2.05. The molecule has 0 aromatic rings. The van der Waals surface area contributed by atoms with Gasteiger partial charge in [-0.2, -0.15) is 0 Å². The quantitative estimate of drug-likeness (QED) is 0.581. The van der Waals surface area contributed by atoms with E-state index in [9.17, 15) is 0 Å². The third kappa shape index (κ3) is 24.8. The van der Waals surface area contributed by atoms with Gasteiger partial charge >= 0.3 is 0 Å². The maximum atomic E-state index is 2.24. The molecule has 0 amide bonds. The van der Waals surface area contributed by atoms with E-state index >= 15 is 0 Å². The van der Waals surface area contributed by atoms with E-state index < -0.39 is 0 Å². The summed E-state index contributed by atoms with van der Waals surface area (Å²) >= 11 is 0. The van der Waals surface area contributed by atoms with Gasteiger partial charge in [-0.25, -0.2) is 0 Å². The van der Waals surface area contributed by atoms with Crippen molar-refractivity contribution < 1.29 is 0 Å². The first-order chi connectivity index (χ1) is 7.93. The minimum Gasteiger partial charge on any atom is -0.307 e. The molecule has 0 aromatic carbocycles. The van der Waals surface area contributed by atoms with E-state index in [2.05, 4.69) is 88.2 Å². The van der Waals surface area contributed by atoms with Crippen LogP contribution in [-0.2, 0) is 0 Å². The van der Waals surface area contributed by atoms with Crippen molar-refractivity contribution in [2.75, 3.05) is 14.1 Å². The Kier molecular flexibility index (Phi) is 16.7. The van der Waals surface area contributed by atoms with Crippen LogP contribution >= 0.6 is 0 Å². The molecule has 0 aliphatic rings. The third-order valence-electron chi connectivity index (χ3n) is 3.37. The summed E-state index contributed by atoms with van der Waals surface area (Å²) in [6, 6.07) is 0.685. The first-order valence-corrected chi connectivity index (χ1v) is 7.20. The average molecular weight is 258 g/mol. The zero-order valence-electron chi connectivity index (χ0n) is 15.2. The van der Waals surface area contributed by atoms with E-state index in [0.29, 0.717) is 6.04 Å². The molecule has 0 unspecified atom stereocenters. The van der Waals surface area contributed by atoms with Crippen LogP contribution in [0.2, 0.25) is 0 Å². The lowest BCUT2D eigenvalue weighted by molar-refractivity contribution is 0.335. The van der Waals surface area contributed by atoms with Crippen LogP contribution in [-0.4, -0.2) is 25.0 Å². The topological polar surface area (TPSA) is 3.24 Å². The SMILES string of the molecule is CC(C)=C(C)C.CC(C)C(C)C.CC(C)N(C)C. The highest BCUT2D eigenvalue weighted by atomic mass is 15.1. The highest BCUT2D eigenvalue weighted by Gasteiger charge is 1.95. The van der Waals surface area contributed by atoms with E-state index in [1.165, 1.54) is 11.1 Å². The van der Waals surface area contributed by atoms with Crippen LogP contribution in [0.4, 0.5) is 0 Å². The molecule has 18 heavy (non-hydrogen) atoms. The lowest BCUT2D eigenvalue weighted by Gasteiger charge is -2.12. The van der Waals surface area contributed by atoms with Gasteiger partial charge in [0.1, 0.15) is 0 Å². The molecule has 0 saturated heterocycles. The minimum atomic E-state index is 0.685. The van der Waals surface area contributed by atoms with Gasteiger partial charge in [0.2, 0.25) is 0 Å². The summed E-state index contributed by atoms with van der Waals surface area (Å²) in [5, 5.41) is 0. The Morgan fingerprint density at radius 1 is 0.611 bits per heavy atom. The van der Waals surface area contributed by atoms with Gasteiger partial charge in [-0.15, -0.1) is 0 Å². The fourth-order valence-electron chi connectivity index (χ4n) is 0. The predicted octanol–water partition coefficient (Wildman–Crippen LogP) is 5.62. The summed E-state index contributed by atoms with van der Waals surface area (Å²) in [5.41, 5.74) is 2.85. The van der Waals surface area contributed by atoms with Crippen LogP contribution in [0.25, 0.3) is 0 Å². The molecule has 0 fully saturated rings. The van der Waals surface area contributed by atoms with Crippen molar-refractivity contribution in [3.05, 3.63) is 11.1 Å². The van der Waals surface area contributed by atoms with Crippen molar-refractivity contribution in [1.29, 1.82) is 0 Å². The number of hydrogen-bond acceptors (Lipinski definition) is 1. The van der Waals surface area contributed by atoms with Crippen LogP contribution in [0.5, 0.6) is 0 Å². The van der Waals surface area contributed by atoms with E-state index in [-0.39, 0.29) is 0 Å². The second kappa shape index (κ2) is 13.1. The lowest BCUT2D eigenvalue weighted by Crippen LogP contribution is -2.20. The van der Waals surface area contributed by atoms with Crippen LogP contribution in [0, 0.1) is 11.8 Å². The zero-order chi connectivity index (χ0) is 15.5. The fraction of sp³-hybridized carbons (Fsp3) is 0.882. The molecule has 1 nitrogen and oxygen atoms in total. The molecular weight excluding hydrogens is 218 g/mol. The van der Waals surface area contributed by atoms with Gasteiger partial charge in [-0.1, -0.05) is 38.8 Å². The maximum absolute atomic E-state index is 2.24. The summed E-state index contributed by atoms with van der Waals surface area (Å²) in [4.78, 5) is 2.17. The standard InChI is InChI=1S/C6H14.C6H12.C5H13N/c3*1-5(2)6(3)4/h5-6H,1-4H3;1-4H3;5H,1-4H3. The van der Waals surface area contributed by atoms with Gasteiger partial charge in [0.25, 0.3) is 0 Å². The normalized spacial score (nSPS) is 10.0. The fourth-order valence-corrected chi connectivity index (χ4v) is 0. The van der Waals surface area contributed by atoms with Crippen molar-refractivity contribution in [3.63, 3.8) is 0 Å². The monoisotopic (exact) mass is 257 g/mol. The van der Waals surface area contributed by atoms with Gasteiger partial charge in [0.15, 0.2) is 0 Å². The average Bonchev–Trinajstić information content (AvgIpc) is 2.18. The van der Waals surface area contributed by atoms with E-state index in [0.717, 1.165) is 11.8 Å². The van der Waals surface area contributed by atoms with Gasteiger partial charge in [-0.3, -0.25) is 0 Å². The smallest absolute Gasteiger partial charge is 0.00324 e. The molecule has 0 bridgehead atoms. The number of allylic oxidation sites excluding steroid dienone is 2. The predicted molar refractivity (Wildman–Crippen MR) is 88.2 cm³/mol. The first-order valence-electron chi connectivity index (χ1n) is 7.20. The van der Waals surface area contributed by atoms with Crippen molar-refractivity contribution in [3.8, 4) is 0 Å². The molecule has 0 N–H and O–H groups in total. The van der Waals surface area contributed by atoms with Gasteiger partial charge in [0.05, 0.1) is 0 Å². The van der Waals surface area contributed by atoms with Gasteiger partial charge in [0, 0.05) is 6.04 Å². The Bertz CT molecular complexity index is 156. The maximum Gasteiger partial charge on any atom is 0.00324 e. The number of nitrogens with zero attached hydrogens (tertiary/aromatic N) is 1. The lowest BCUT2D eigenvalue weighted by atomic mass is 10.0. The first kappa shape index (κ1) is 22.8. The largest absolute Gasteiger partial charge is 0.307 e. The molecule has 0 aliphatic carbocycles. The molecule has 0 rings (SSSR count). The third-order valence-corrected chi connectivity index (χ3v) is 3.37. The number of hydrogen-bond donors (Lipinski definition) is 0. The molecule has 1 heteroatoms. The molecule has 0 atom stereocenters. The summed E-state index contributed by atoms with van der Waals surface area (Å²) in [7, 11) is 4.15. The van der Waals surface area contributed by atoms with E-state index in [1.807, 2.05) is 0 Å². The summed E-state index contributed by atoms with van der Waals surface area (Å²) in [5.74, 6) is 1.70. The van der Waals surface area contributed by atoms with Crippen molar-refractivity contribution in [2.24, 2.45) is 11.8 Å². The molecule has 0 aromatic heterocycles. The van der Waals surface area contributed by atoms with Crippen molar-refractivity contribution >= 4 is 0 Å². The van der Waals surface area contributed by atoms with Crippen molar-refractivity contribution in [1.82, 2.24) is 4.90 Å². The Labute approximate surface area is 118 Å². The summed E-state index contributed by atoms with van der Waals surface area (Å²) < 4.78 is 0. The molecular formula is C17H39N. The number of rotatable bonds is 2. The molecule has 112 valence electrons. The van der Waals surface area contributed by atoms with Gasteiger partial charge < -0.3 is 4.90 Å². The van der Waals surface area contributed by atoms with E-state index in [1.54, 1.807) is 0 Å². The minimum absolute atomic E-state index is 0.685. The summed E-state index contributed by atoms with van der Waals surface area (Å²) in [6.45, 7) is 21.8. The van der Waals surface area contributed by atoms with Gasteiger partial charge in [-0.05, 0) is 67.5 Å². The second-order valence-corrected chi connectivity index (χ2v) is 6.55. The molecule has 0 saturated carbocycles. The Morgan fingerprint density at radius 3 is 0.778 bits per heavy atom. The Balaban J connectivity index is -0.000000187. The molecule has 0 aliphatic heterocycles. The second-order valence-electron chi connectivity index (χ2n) is 6.55. The highest BCUT2D eigenvalue weighted by molar-refractivity contribution is 5.02. The van der Waals surface area contributed by atoms with Crippen molar-refractivity contribution in [2.45, 2.75) is 75.3 Å². The Hall–Kier alpha value is -0.300. The molecule has 0 heterocycles. The van der Waals surface area contributed by atoms with Crippen LogP contribution in [0.1, 0.15) is 69.2 Å². The Morgan fingerprint density at radius 2 is 0.778 bits per heavy atom. The van der Waals surface area contributed by atoms with Crippen LogP contribution in [0.3, 0.4) is 0 Å². The van der Waals surface area contributed by atoms with E-state index in [4.69, 9.17) is 0 Å². The van der Waals surface area contributed by atoms with Crippen LogP contribution in [0.15, 0.2) is 11.1 Å². The molecule has 0 spiro atoms. The summed E-state index contributed by atoms with van der Waals surface area (Å²) in [6.07, 6.45) is 0. The zero-order valence-corrected chi connectivity index (χ0v) is 15.2.